The van der Waals surface area contributed by atoms with Gasteiger partial charge in [-0.2, -0.15) is 4.57 Å². The van der Waals surface area contributed by atoms with E-state index in [4.69, 9.17) is 4.74 Å². The maximum Gasteiger partial charge on any atom is 0.269 e. The Bertz CT molecular complexity index is 2020. The van der Waals surface area contributed by atoms with Crippen molar-refractivity contribution in [3.8, 4) is 5.75 Å². The van der Waals surface area contributed by atoms with Crippen molar-refractivity contribution in [2.24, 2.45) is 0 Å². The lowest BCUT2D eigenvalue weighted by Crippen LogP contribution is -2.35. The molecule has 216 valence electrons. The molecule has 5 aromatic rings. The van der Waals surface area contributed by atoms with Crippen molar-refractivity contribution in [2.75, 3.05) is 18.1 Å². The second kappa shape index (κ2) is 12.1. The van der Waals surface area contributed by atoms with Crippen LogP contribution < -0.4 is 29.0 Å². The molecule has 0 spiro atoms. The minimum Gasteiger partial charge on any atom is -0.494 e. The minimum atomic E-state index is 0.0669. The molecule has 1 aliphatic rings. The summed E-state index contributed by atoms with van der Waals surface area (Å²) in [6, 6.07) is 17.4. The third-order valence-corrected chi connectivity index (χ3v) is 11.0. The zero-order valence-corrected chi connectivity index (χ0v) is 27.2. The average Bonchev–Trinajstić information content (AvgIpc) is 3.62. The first-order valence-corrected chi connectivity index (χ1v) is 17.1. The Morgan fingerprint density at radius 3 is 2.60 bits per heavy atom. The largest absolute Gasteiger partial charge is 0.494 e. The van der Waals surface area contributed by atoms with Crippen molar-refractivity contribution in [3.63, 3.8) is 0 Å². The van der Waals surface area contributed by atoms with E-state index in [1.807, 2.05) is 24.5 Å². The summed E-state index contributed by atoms with van der Waals surface area (Å²) in [7, 11) is 0. The number of anilines is 1. The fraction of sp³-hybridized carbons (Fsp3) is 0.294. The molecule has 0 radical (unpaired) electrons. The van der Waals surface area contributed by atoms with Gasteiger partial charge in [-0.25, -0.2) is 0 Å². The van der Waals surface area contributed by atoms with Gasteiger partial charge < -0.3 is 9.64 Å². The average molecular weight is 615 g/mol. The number of aromatic nitrogens is 2. The van der Waals surface area contributed by atoms with Gasteiger partial charge in [-0.05, 0) is 69.4 Å². The molecule has 0 fully saturated rings. The van der Waals surface area contributed by atoms with Gasteiger partial charge in [0.05, 0.1) is 27.9 Å². The zero-order chi connectivity index (χ0) is 29.4. The number of ether oxygens (including phenoxy) is 1. The SMILES string of the molecule is CCCN1C(=C/C=c2/sc(=Cc3sc4c5ccccc5ccc4[n+]3CC)n(CC)c2=O)Sc2cc(C)c(OCC)cc21. The number of fused-ring (bicyclic) bond motifs is 4. The van der Waals surface area contributed by atoms with Gasteiger partial charge >= 0.3 is 0 Å². The Morgan fingerprint density at radius 1 is 1.00 bits per heavy atom. The summed E-state index contributed by atoms with van der Waals surface area (Å²) in [6.45, 7) is 13.6. The Balaban J connectivity index is 1.44. The topological polar surface area (TPSA) is 38.4 Å². The van der Waals surface area contributed by atoms with Crippen molar-refractivity contribution in [1.29, 1.82) is 0 Å². The highest BCUT2D eigenvalue weighted by Gasteiger charge is 2.26. The van der Waals surface area contributed by atoms with Crippen LogP contribution in [0.1, 0.15) is 44.7 Å². The van der Waals surface area contributed by atoms with E-state index < -0.39 is 0 Å². The third-order valence-electron chi connectivity index (χ3n) is 7.59. The predicted octanol–water partition coefficient (Wildman–Crippen LogP) is 6.79. The van der Waals surface area contributed by atoms with Gasteiger partial charge in [0, 0.05) is 35.5 Å². The predicted molar refractivity (Wildman–Crippen MR) is 181 cm³/mol. The summed E-state index contributed by atoms with van der Waals surface area (Å²) in [6.07, 6.45) is 7.35. The van der Waals surface area contributed by atoms with Crippen molar-refractivity contribution in [2.45, 2.75) is 59.0 Å². The second-order valence-electron chi connectivity index (χ2n) is 10.3. The van der Waals surface area contributed by atoms with E-state index in [-0.39, 0.29) is 5.56 Å². The van der Waals surface area contributed by atoms with Crippen LogP contribution in [0.3, 0.4) is 0 Å². The van der Waals surface area contributed by atoms with Crippen molar-refractivity contribution < 1.29 is 9.30 Å². The van der Waals surface area contributed by atoms with E-state index in [0.717, 1.165) is 50.1 Å². The van der Waals surface area contributed by atoms with Crippen LogP contribution in [0.4, 0.5) is 5.69 Å². The van der Waals surface area contributed by atoms with Crippen LogP contribution in [0.25, 0.3) is 33.1 Å². The van der Waals surface area contributed by atoms with Gasteiger partial charge in [0.2, 0.25) is 5.52 Å². The van der Waals surface area contributed by atoms with Gasteiger partial charge in [0.1, 0.15) is 21.7 Å². The summed E-state index contributed by atoms with van der Waals surface area (Å²) in [4.78, 5) is 17.1. The van der Waals surface area contributed by atoms with E-state index in [1.54, 1.807) is 34.4 Å². The molecule has 6 rings (SSSR count). The lowest BCUT2D eigenvalue weighted by Gasteiger charge is -2.20. The van der Waals surface area contributed by atoms with Gasteiger partial charge in [-0.3, -0.25) is 9.36 Å². The Hall–Kier alpha value is -3.33. The van der Waals surface area contributed by atoms with Crippen LogP contribution in [-0.2, 0) is 13.1 Å². The quantitative estimate of drug-likeness (QED) is 0.181. The molecule has 0 saturated carbocycles. The molecule has 8 heteroatoms. The number of rotatable bonds is 8. The highest BCUT2D eigenvalue weighted by Crippen LogP contribution is 2.48. The van der Waals surface area contributed by atoms with E-state index in [1.165, 1.54) is 31.6 Å². The molecule has 5 nitrogen and oxygen atoms in total. The molecule has 0 atom stereocenters. The van der Waals surface area contributed by atoms with E-state index in [2.05, 4.69) is 90.9 Å². The molecule has 0 unspecified atom stereocenters. The molecule has 0 saturated heterocycles. The molecule has 2 aromatic heterocycles. The van der Waals surface area contributed by atoms with Crippen molar-refractivity contribution in [1.82, 2.24) is 4.57 Å². The number of benzene rings is 3. The number of thioether (sulfide) groups is 1. The smallest absolute Gasteiger partial charge is 0.269 e. The molecule has 1 aliphatic heterocycles. The number of allylic oxidation sites excluding steroid dienone is 1. The molecule has 0 amide bonds. The summed E-state index contributed by atoms with van der Waals surface area (Å²) >= 11 is 5.14. The zero-order valence-electron chi connectivity index (χ0n) is 24.8. The number of hydrogen-bond acceptors (Lipinski definition) is 6. The van der Waals surface area contributed by atoms with Crippen molar-refractivity contribution in [3.05, 3.63) is 89.8 Å². The van der Waals surface area contributed by atoms with Gasteiger partial charge in [0.15, 0.2) is 0 Å². The Kier molecular flexibility index (Phi) is 8.30. The van der Waals surface area contributed by atoms with Crippen LogP contribution in [0, 0.1) is 6.92 Å². The third kappa shape index (κ3) is 5.10. The van der Waals surface area contributed by atoms with Gasteiger partial charge in [0.25, 0.3) is 10.6 Å². The van der Waals surface area contributed by atoms with Crippen LogP contribution in [0.2, 0.25) is 0 Å². The summed E-state index contributed by atoms with van der Waals surface area (Å²) in [5.74, 6) is 0.936. The van der Waals surface area contributed by atoms with E-state index in [0.29, 0.717) is 13.2 Å². The number of hydrogen-bond donors (Lipinski definition) is 0. The molecule has 0 N–H and O–H groups in total. The first-order valence-electron chi connectivity index (χ1n) is 14.7. The van der Waals surface area contributed by atoms with Crippen LogP contribution in [0.15, 0.2) is 69.3 Å². The molecule has 3 aromatic carbocycles. The summed E-state index contributed by atoms with van der Waals surface area (Å²) < 4.78 is 13.2. The molecular formula is C34H36N3O2S3+. The molecule has 42 heavy (non-hydrogen) atoms. The normalized spacial score (nSPS) is 15.1. The Labute approximate surface area is 258 Å². The molecule has 0 bridgehead atoms. The Morgan fingerprint density at radius 2 is 1.83 bits per heavy atom. The minimum absolute atomic E-state index is 0.0669. The van der Waals surface area contributed by atoms with Crippen LogP contribution >= 0.6 is 34.4 Å². The molecule has 3 heterocycles. The number of thiazole rings is 2. The highest BCUT2D eigenvalue weighted by atomic mass is 32.2. The summed E-state index contributed by atoms with van der Waals surface area (Å²) in [5.41, 5.74) is 3.63. The molecule has 0 aliphatic carbocycles. The monoisotopic (exact) mass is 614 g/mol. The fourth-order valence-corrected chi connectivity index (χ4v) is 9.18. The van der Waals surface area contributed by atoms with Gasteiger partial charge in [-0.15, -0.1) is 11.3 Å². The van der Waals surface area contributed by atoms with Crippen LogP contribution in [0.5, 0.6) is 5.75 Å². The number of aryl methyl sites for hydroxylation is 2. The first kappa shape index (κ1) is 28.8. The summed E-state index contributed by atoms with van der Waals surface area (Å²) in [5, 5.41) is 4.83. The standard InChI is InChI=1S/C34H36N3O2S3/c1-6-18-37-26-20-27(39-9-4)22(5)19-29(26)41-30(37)17-16-28-34(38)36(8-3)32(40-28)21-31-35(7-2)25-15-14-23-12-10-11-13-24(23)33(25)42-31/h10-17,19-21H,6-9,18H2,1-5H3/q+1/b28-16+,30-17?. The maximum absolute atomic E-state index is 13.6. The van der Waals surface area contributed by atoms with E-state index in [9.17, 15) is 4.79 Å². The fourth-order valence-electron chi connectivity index (χ4n) is 5.59. The first-order chi connectivity index (χ1) is 20.5. The molecular weight excluding hydrogens is 579 g/mol. The van der Waals surface area contributed by atoms with Crippen molar-refractivity contribution >= 4 is 73.3 Å². The lowest BCUT2D eigenvalue weighted by molar-refractivity contribution is -0.665. The van der Waals surface area contributed by atoms with E-state index >= 15 is 0 Å². The van der Waals surface area contributed by atoms with Crippen LogP contribution in [-0.4, -0.2) is 17.7 Å². The number of nitrogens with zero attached hydrogens (tertiary/aromatic N) is 3. The lowest BCUT2D eigenvalue weighted by atomic mass is 10.1. The van der Waals surface area contributed by atoms with Gasteiger partial charge in [-0.1, -0.05) is 54.3 Å². The second-order valence-corrected chi connectivity index (χ2v) is 13.4. The maximum atomic E-state index is 13.6. The highest BCUT2D eigenvalue weighted by molar-refractivity contribution is 8.03.